The first-order chi connectivity index (χ1) is 8.35. The zero-order valence-corrected chi connectivity index (χ0v) is 11.2. The molecule has 0 aromatic carbocycles. The van der Waals surface area contributed by atoms with Gasteiger partial charge in [-0.25, -0.2) is 0 Å². The van der Waals surface area contributed by atoms with Crippen LogP contribution in [0, 0.1) is 0 Å². The first kappa shape index (κ1) is 13.3. The van der Waals surface area contributed by atoms with Crippen molar-refractivity contribution in [1.82, 2.24) is 5.32 Å². The third kappa shape index (κ3) is 4.57. The number of rotatable bonds is 9. The smallest absolute Gasteiger partial charge is 0.0807 e. The summed E-state index contributed by atoms with van der Waals surface area (Å²) in [6, 6.07) is 0.785. The van der Waals surface area contributed by atoms with E-state index in [1.165, 1.54) is 38.5 Å². The Morgan fingerprint density at radius 2 is 1.88 bits per heavy atom. The van der Waals surface area contributed by atoms with E-state index >= 15 is 0 Å². The second-order valence-corrected chi connectivity index (χ2v) is 5.51. The molecule has 3 heteroatoms. The second kappa shape index (κ2) is 6.72. The summed E-state index contributed by atoms with van der Waals surface area (Å²) < 4.78 is 11.6. The van der Waals surface area contributed by atoms with E-state index in [0.717, 1.165) is 38.8 Å². The summed E-state index contributed by atoms with van der Waals surface area (Å²) in [6.45, 7) is 5.55. The van der Waals surface area contributed by atoms with Gasteiger partial charge in [0.15, 0.2) is 0 Å². The van der Waals surface area contributed by atoms with Gasteiger partial charge in [0.05, 0.1) is 18.8 Å². The first-order valence-electron chi connectivity index (χ1n) is 7.30. The van der Waals surface area contributed by atoms with Crippen molar-refractivity contribution in [2.45, 2.75) is 63.5 Å². The maximum atomic E-state index is 6.13. The van der Waals surface area contributed by atoms with Crippen LogP contribution in [0.5, 0.6) is 0 Å². The van der Waals surface area contributed by atoms with Crippen molar-refractivity contribution in [2.24, 2.45) is 0 Å². The van der Waals surface area contributed by atoms with E-state index in [2.05, 4.69) is 12.2 Å². The standard InChI is InChI=1S/C14H27NO2/c1-2-9-16-10-11-17-14(7-3-4-8-14)12-15-13-5-6-13/h13,15H,2-12H2,1H3. The summed E-state index contributed by atoms with van der Waals surface area (Å²) in [7, 11) is 0. The third-order valence-electron chi connectivity index (χ3n) is 3.79. The molecule has 2 aliphatic rings. The molecule has 0 spiro atoms. The Morgan fingerprint density at radius 1 is 1.12 bits per heavy atom. The molecule has 0 heterocycles. The lowest BCUT2D eigenvalue weighted by molar-refractivity contribution is -0.0626. The summed E-state index contributed by atoms with van der Waals surface area (Å²) >= 11 is 0. The Kier molecular flexibility index (Phi) is 5.26. The van der Waals surface area contributed by atoms with Crippen LogP contribution in [-0.2, 0) is 9.47 Å². The second-order valence-electron chi connectivity index (χ2n) is 5.51. The van der Waals surface area contributed by atoms with Gasteiger partial charge in [-0.05, 0) is 32.1 Å². The van der Waals surface area contributed by atoms with Crippen LogP contribution in [-0.4, -0.2) is 38.0 Å². The van der Waals surface area contributed by atoms with Gasteiger partial charge in [0.2, 0.25) is 0 Å². The Labute approximate surface area is 105 Å². The quantitative estimate of drug-likeness (QED) is 0.629. The molecule has 2 fully saturated rings. The van der Waals surface area contributed by atoms with Crippen molar-refractivity contribution in [1.29, 1.82) is 0 Å². The Balaban J connectivity index is 1.63. The molecule has 2 rings (SSSR count). The van der Waals surface area contributed by atoms with Crippen LogP contribution in [0.2, 0.25) is 0 Å². The van der Waals surface area contributed by atoms with E-state index in [1.54, 1.807) is 0 Å². The monoisotopic (exact) mass is 241 g/mol. The SMILES string of the molecule is CCCOCCOC1(CNC2CC2)CCCC1. The van der Waals surface area contributed by atoms with Crippen LogP contribution in [0.1, 0.15) is 51.9 Å². The Morgan fingerprint density at radius 3 is 2.53 bits per heavy atom. The molecule has 1 N–H and O–H groups in total. The van der Waals surface area contributed by atoms with Gasteiger partial charge in [-0.2, -0.15) is 0 Å². The minimum atomic E-state index is 0.123. The summed E-state index contributed by atoms with van der Waals surface area (Å²) in [5.41, 5.74) is 0.123. The molecule has 0 radical (unpaired) electrons. The fraction of sp³-hybridized carbons (Fsp3) is 1.00. The summed E-state index contributed by atoms with van der Waals surface area (Å²) in [6.07, 6.45) is 8.89. The van der Waals surface area contributed by atoms with Gasteiger partial charge in [-0.3, -0.25) is 0 Å². The Bertz CT molecular complexity index is 210. The largest absolute Gasteiger partial charge is 0.379 e. The van der Waals surface area contributed by atoms with Crippen molar-refractivity contribution >= 4 is 0 Å². The van der Waals surface area contributed by atoms with Gasteiger partial charge in [-0.15, -0.1) is 0 Å². The molecule has 2 aliphatic carbocycles. The van der Waals surface area contributed by atoms with E-state index in [-0.39, 0.29) is 5.60 Å². The van der Waals surface area contributed by atoms with Gasteiger partial charge in [0.1, 0.15) is 0 Å². The number of nitrogens with one attached hydrogen (secondary N) is 1. The molecule has 17 heavy (non-hydrogen) atoms. The van der Waals surface area contributed by atoms with Crippen molar-refractivity contribution in [3.63, 3.8) is 0 Å². The minimum absolute atomic E-state index is 0.123. The van der Waals surface area contributed by atoms with Gasteiger partial charge < -0.3 is 14.8 Å². The van der Waals surface area contributed by atoms with Crippen LogP contribution in [0.4, 0.5) is 0 Å². The van der Waals surface area contributed by atoms with Gasteiger partial charge >= 0.3 is 0 Å². The molecule has 0 atom stereocenters. The molecule has 0 aromatic heterocycles. The van der Waals surface area contributed by atoms with E-state index in [4.69, 9.17) is 9.47 Å². The molecule has 0 amide bonds. The van der Waals surface area contributed by atoms with Crippen molar-refractivity contribution in [2.75, 3.05) is 26.4 Å². The number of hydrogen-bond acceptors (Lipinski definition) is 3. The predicted molar refractivity (Wildman–Crippen MR) is 69.3 cm³/mol. The molecule has 0 saturated heterocycles. The van der Waals surface area contributed by atoms with E-state index in [9.17, 15) is 0 Å². The highest BCUT2D eigenvalue weighted by atomic mass is 16.5. The van der Waals surface area contributed by atoms with Crippen molar-refractivity contribution in [3.8, 4) is 0 Å². The average molecular weight is 241 g/mol. The fourth-order valence-electron chi connectivity index (χ4n) is 2.57. The lowest BCUT2D eigenvalue weighted by Crippen LogP contribution is -2.42. The summed E-state index contributed by atoms with van der Waals surface area (Å²) in [5.74, 6) is 0. The average Bonchev–Trinajstić information content (AvgIpc) is 3.07. The molecule has 0 aromatic rings. The van der Waals surface area contributed by atoms with Crippen LogP contribution in [0.25, 0.3) is 0 Å². The molecule has 2 saturated carbocycles. The van der Waals surface area contributed by atoms with E-state index < -0.39 is 0 Å². The topological polar surface area (TPSA) is 30.5 Å². The lowest BCUT2D eigenvalue weighted by Gasteiger charge is -2.30. The minimum Gasteiger partial charge on any atom is -0.379 e. The zero-order valence-electron chi connectivity index (χ0n) is 11.2. The third-order valence-corrected chi connectivity index (χ3v) is 3.79. The van der Waals surface area contributed by atoms with Crippen LogP contribution >= 0.6 is 0 Å². The predicted octanol–water partition coefficient (Wildman–Crippen LogP) is 2.49. The molecular weight excluding hydrogens is 214 g/mol. The van der Waals surface area contributed by atoms with Crippen molar-refractivity contribution < 1.29 is 9.47 Å². The maximum Gasteiger partial charge on any atom is 0.0807 e. The summed E-state index contributed by atoms with van der Waals surface area (Å²) in [5, 5.41) is 3.63. The fourth-order valence-corrected chi connectivity index (χ4v) is 2.57. The molecule has 3 nitrogen and oxygen atoms in total. The van der Waals surface area contributed by atoms with Gasteiger partial charge in [-0.1, -0.05) is 19.8 Å². The van der Waals surface area contributed by atoms with Crippen LogP contribution in [0.15, 0.2) is 0 Å². The van der Waals surface area contributed by atoms with Crippen LogP contribution < -0.4 is 5.32 Å². The Hall–Kier alpha value is -0.120. The molecule has 0 unspecified atom stereocenters. The molecular formula is C14H27NO2. The highest BCUT2D eigenvalue weighted by Crippen LogP contribution is 2.33. The highest BCUT2D eigenvalue weighted by Gasteiger charge is 2.36. The lowest BCUT2D eigenvalue weighted by atomic mass is 10.0. The van der Waals surface area contributed by atoms with Crippen LogP contribution in [0.3, 0.4) is 0 Å². The molecule has 100 valence electrons. The number of hydrogen-bond donors (Lipinski definition) is 1. The van der Waals surface area contributed by atoms with Gasteiger partial charge in [0, 0.05) is 19.2 Å². The highest BCUT2D eigenvalue weighted by molar-refractivity contribution is 4.92. The number of ether oxygens (including phenoxy) is 2. The molecule has 0 bridgehead atoms. The molecule has 0 aliphatic heterocycles. The van der Waals surface area contributed by atoms with Crippen molar-refractivity contribution in [3.05, 3.63) is 0 Å². The maximum absolute atomic E-state index is 6.13. The normalized spacial score (nSPS) is 23.1. The van der Waals surface area contributed by atoms with E-state index in [1.807, 2.05) is 0 Å². The summed E-state index contributed by atoms with van der Waals surface area (Å²) in [4.78, 5) is 0. The van der Waals surface area contributed by atoms with Gasteiger partial charge in [0.25, 0.3) is 0 Å². The first-order valence-corrected chi connectivity index (χ1v) is 7.30. The zero-order chi connectivity index (χ0) is 12.0. The van der Waals surface area contributed by atoms with E-state index in [0.29, 0.717) is 0 Å².